The molecular formula is C25H27F3N8. The third-order valence-corrected chi connectivity index (χ3v) is 6.44. The second kappa shape index (κ2) is 10.5. The average molecular weight is 497 g/mol. The van der Waals surface area contributed by atoms with Crippen molar-refractivity contribution < 1.29 is 13.2 Å². The molecule has 0 aromatic carbocycles. The quantitative estimate of drug-likeness (QED) is 0.424. The highest BCUT2D eigenvalue weighted by atomic mass is 19.4. The van der Waals surface area contributed by atoms with E-state index in [2.05, 4.69) is 48.6 Å². The highest BCUT2D eigenvalue weighted by Crippen LogP contribution is 2.40. The summed E-state index contributed by atoms with van der Waals surface area (Å²) in [6.45, 7) is 6.21. The van der Waals surface area contributed by atoms with Crippen molar-refractivity contribution in [3.8, 4) is 6.07 Å². The van der Waals surface area contributed by atoms with Gasteiger partial charge in [-0.25, -0.2) is 15.0 Å². The number of alkyl halides is 3. The molecule has 11 heteroatoms. The van der Waals surface area contributed by atoms with E-state index in [-0.39, 0.29) is 35.7 Å². The third kappa shape index (κ3) is 5.39. The van der Waals surface area contributed by atoms with Crippen LogP contribution in [-0.2, 0) is 6.18 Å². The van der Waals surface area contributed by atoms with E-state index in [1.54, 1.807) is 37.6 Å². The SMILES string of the molecule is C=CC(=NC(C)=NC)[C@H]1CCC(Nc2ncc(C(F)(F)F)c(C3=CNC4C=C(C#N)C=CC34)n2)CN1. The zero-order chi connectivity index (χ0) is 25.9. The fourth-order valence-electron chi connectivity index (χ4n) is 4.51. The number of hydrogen-bond acceptors (Lipinski definition) is 7. The molecule has 3 heterocycles. The highest BCUT2D eigenvalue weighted by molar-refractivity contribution is 6.06. The van der Waals surface area contributed by atoms with E-state index in [1.807, 2.05) is 6.92 Å². The molecule has 4 rings (SSSR count). The molecule has 2 aliphatic heterocycles. The number of nitrogens with one attached hydrogen (secondary N) is 3. The summed E-state index contributed by atoms with van der Waals surface area (Å²) in [4.78, 5) is 16.8. The highest BCUT2D eigenvalue weighted by Gasteiger charge is 2.40. The van der Waals surface area contributed by atoms with Crippen molar-refractivity contribution in [3.05, 3.63) is 60.1 Å². The van der Waals surface area contributed by atoms with Crippen LogP contribution in [0.1, 0.15) is 31.0 Å². The van der Waals surface area contributed by atoms with Crippen molar-refractivity contribution in [2.45, 2.75) is 44.1 Å². The van der Waals surface area contributed by atoms with Gasteiger partial charge in [0.25, 0.3) is 0 Å². The number of nitriles is 1. The number of piperidine rings is 1. The van der Waals surface area contributed by atoms with Crippen molar-refractivity contribution in [1.82, 2.24) is 20.6 Å². The number of allylic oxidation sites excluding steroid dienone is 2. The summed E-state index contributed by atoms with van der Waals surface area (Å²) >= 11 is 0. The normalized spacial score (nSPS) is 26.3. The zero-order valence-electron chi connectivity index (χ0n) is 20.0. The van der Waals surface area contributed by atoms with E-state index in [1.165, 1.54) is 0 Å². The van der Waals surface area contributed by atoms with Gasteiger partial charge in [-0.1, -0.05) is 12.7 Å². The number of halogens is 3. The largest absolute Gasteiger partial charge is 0.419 e. The van der Waals surface area contributed by atoms with Gasteiger partial charge < -0.3 is 16.0 Å². The van der Waals surface area contributed by atoms with E-state index >= 15 is 0 Å². The summed E-state index contributed by atoms with van der Waals surface area (Å²) in [5.41, 5.74) is 0.601. The Labute approximate surface area is 207 Å². The Morgan fingerprint density at radius 2 is 2.17 bits per heavy atom. The van der Waals surface area contributed by atoms with Gasteiger partial charge in [0.1, 0.15) is 11.4 Å². The number of hydrogen-bond donors (Lipinski definition) is 3. The van der Waals surface area contributed by atoms with Crippen LogP contribution < -0.4 is 16.0 Å². The van der Waals surface area contributed by atoms with Crippen LogP contribution in [0.5, 0.6) is 0 Å². The van der Waals surface area contributed by atoms with E-state index in [4.69, 9.17) is 5.26 Å². The first-order valence-electron chi connectivity index (χ1n) is 11.6. The fourth-order valence-corrected chi connectivity index (χ4v) is 4.51. The molecule has 36 heavy (non-hydrogen) atoms. The predicted octanol–water partition coefficient (Wildman–Crippen LogP) is 3.65. The molecule has 4 atom stereocenters. The molecule has 0 spiro atoms. The molecule has 1 aromatic heterocycles. The predicted molar refractivity (Wildman–Crippen MR) is 133 cm³/mol. The maximum Gasteiger partial charge on any atom is 0.419 e. The van der Waals surface area contributed by atoms with Gasteiger partial charge in [0.15, 0.2) is 0 Å². The molecule has 1 aromatic rings. The second-order valence-corrected chi connectivity index (χ2v) is 8.76. The van der Waals surface area contributed by atoms with Gasteiger partial charge in [0.05, 0.1) is 23.5 Å². The van der Waals surface area contributed by atoms with E-state index in [9.17, 15) is 13.2 Å². The van der Waals surface area contributed by atoms with Gasteiger partial charge in [-0.15, -0.1) is 0 Å². The van der Waals surface area contributed by atoms with Gasteiger partial charge in [-0.3, -0.25) is 4.99 Å². The van der Waals surface area contributed by atoms with Crippen molar-refractivity contribution in [2.75, 3.05) is 18.9 Å². The number of anilines is 1. The first-order valence-corrected chi connectivity index (χ1v) is 11.6. The Bertz CT molecular complexity index is 1210. The molecule has 0 radical (unpaired) electrons. The molecule has 8 nitrogen and oxygen atoms in total. The Balaban J connectivity index is 1.52. The number of aliphatic imine (C=N–C) groups is 2. The van der Waals surface area contributed by atoms with Crippen LogP contribution in [0.15, 0.2) is 58.8 Å². The van der Waals surface area contributed by atoms with Gasteiger partial charge in [-0.2, -0.15) is 18.4 Å². The Hall–Kier alpha value is -3.78. The van der Waals surface area contributed by atoms with Crippen LogP contribution in [0, 0.1) is 17.2 Å². The van der Waals surface area contributed by atoms with Gasteiger partial charge in [0, 0.05) is 55.1 Å². The minimum atomic E-state index is -4.61. The molecule has 1 fully saturated rings. The van der Waals surface area contributed by atoms with Crippen molar-refractivity contribution in [3.63, 3.8) is 0 Å². The number of aromatic nitrogens is 2. The number of nitrogens with zero attached hydrogens (tertiary/aromatic N) is 5. The lowest BCUT2D eigenvalue weighted by molar-refractivity contribution is -0.138. The molecule has 0 bridgehead atoms. The standard InChI is InChI=1S/C25H27F3N8/c1-4-20(34-14(2)30-3)21-8-6-16(11-31-21)35-24-33-13-19(25(26,27)28)23(36-24)18-12-32-22-9-15(10-29)5-7-17(18)22/h4-5,7,9,12-13,16-17,21-22,31-32H,1,6,8,11H2,2-3H3,(H,33,35,36)/t16?,17?,21-,22?/m1/s1. The molecule has 3 aliphatic rings. The molecule has 1 aliphatic carbocycles. The molecular weight excluding hydrogens is 469 g/mol. The topological polar surface area (TPSA) is 110 Å². The average Bonchev–Trinajstić information content (AvgIpc) is 3.30. The van der Waals surface area contributed by atoms with Gasteiger partial charge in [0.2, 0.25) is 5.95 Å². The van der Waals surface area contributed by atoms with Crippen LogP contribution in [0.3, 0.4) is 0 Å². The number of fused-ring (bicyclic) bond motifs is 1. The zero-order valence-corrected chi connectivity index (χ0v) is 20.0. The molecule has 0 saturated carbocycles. The van der Waals surface area contributed by atoms with E-state index in [0.29, 0.717) is 23.5 Å². The van der Waals surface area contributed by atoms with Crippen LogP contribution in [-0.4, -0.2) is 53.2 Å². The molecule has 188 valence electrons. The maximum absolute atomic E-state index is 13.8. The molecule has 1 saturated heterocycles. The van der Waals surface area contributed by atoms with Crippen LogP contribution in [0.25, 0.3) is 5.57 Å². The van der Waals surface area contributed by atoms with Crippen LogP contribution in [0.2, 0.25) is 0 Å². The van der Waals surface area contributed by atoms with Gasteiger partial charge >= 0.3 is 6.18 Å². The maximum atomic E-state index is 13.8. The second-order valence-electron chi connectivity index (χ2n) is 8.76. The fraction of sp³-hybridized carbons (Fsp3) is 0.400. The van der Waals surface area contributed by atoms with Gasteiger partial charge in [-0.05, 0) is 38.0 Å². The summed E-state index contributed by atoms with van der Waals surface area (Å²) in [5, 5.41) is 18.8. The monoisotopic (exact) mass is 496 g/mol. The first-order chi connectivity index (χ1) is 17.2. The Kier molecular flexibility index (Phi) is 7.35. The lowest BCUT2D eigenvalue weighted by Crippen LogP contribution is -2.48. The van der Waals surface area contributed by atoms with Crippen molar-refractivity contribution in [2.24, 2.45) is 15.9 Å². The number of rotatable bonds is 5. The van der Waals surface area contributed by atoms with Crippen LogP contribution >= 0.6 is 0 Å². The summed E-state index contributed by atoms with van der Waals surface area (Å²) in [7, 11) is 1.68. The minimum Gasteiger partial charge on any atom is -0.383 e. The first kappa shape index (κ1) is 25.3. The summed E-state index contributed by atoms with van der Waals surface area (Å²) in [5.74, 6) is 0.421. The van der Waals surface area contributed by atoms with Crippen LogP contribution in [0.4, 0.5) is 19.1 Å². The minimum absolute atomic E-state index is 0.0115. The molecule has 0 amide bonds. The smallest absolute Gasteiger partial charge is 0.383 e. The lowest BCUT2D eigenvalue weighted by Gasteiger charge is -2.30. The summed E-state index contributed by atoms with van der Waals surface area (Å²) in [6.07, 6.45) is 6.03. The Morgan fingerprint density at radius 1 is 1.36 bits per heavy atom. The van der Waals surface area contributed by atoms with Crippen molar-refractivity contribution >= 4 is 23.1 Å². The van der Waals surface area contributed by atoms with E-state index in [0.717, 1.165) is 24.8 Å². The third-order valence-electron chi connectivity index (χ3n) is 6.44. The molecule has 3 unspecified atom stereocenters. The number of amidine groups is 1. The Morgan fingerprint density at radius 3 is 2.81 bits per heavy atom. The molecule has 3 N–H and O–H groups in total. The van der Waals surface area contributed by atoms with E-state index < -0.39 is 11.7 Å². The summed E-state index contributed by atoms with van der Waals surface area (Å²) < 4.78 is 41.5. The lowest BCUT2D eigenvalue weighted by atomic mass is 9.86. The summed E-state index contributed by atoms with van der Waals surface area (Å²) in [6, 6.07) is 1.70. The van der Waals surface area contributed by atoms with Crippen molar-refractivity contribution in [1.29, 1.82) is 5.26 Å².